The van der Waals surface area contributed by atoms with Gasteiger partial charge in [0, 0.05) is 18.9 Å². The lowest BCUT2D eigenvalue weighted by molar-refractivity contribution is -0.201. The Kier molecular flexibility index (Phi) is 4.90. The van der Waals surface area contributed by atoms with Gasteiger partial charge in [0.2, 0.25) is 0 Å². The van der Waals surface area contributed by atoms with Crippen LogP contribution in [-0.2, 0) is 22.6 Å². The van der Waals surface area contributed by atoms with Crippen molar-refractivity contribution in [2.24, 2.45) is 0 Å². The summed E-state index contributed by atoms with van der Waals surface area (Å²) in [6, 6.07) is 6.48. The van der Waals surface area contributed by atoms with Crippen LogP contribution in [-0.4, -0.2) is 21.9 Å². The Balaban J connectivity index is 1.52. The molecule has 0 N–H and O–H groups in total. The molecule has 1 aromatic heterocycles. The molecule has 0 radical (unpaired) electrons. The van der Waals surface area contributed by atoms with E-state index in [9.17, 15) is 0 Å². The van der Waals surface area contributed by atoms with Crippen LogP contribution < -0.4 is 0 Å². The van der Waals surface area contributed by atoms with Gasteiger partial charge in [0.15, 0.2) is 6.29 Å². The van der Waals surface area contributed by atoms with Gasteiger partial charge in [-0.1, -0.05) is 23.8 Å². The van der Waals surface area contributed by atoms with Gasteiger partial charge in [0.1, 0.15) is 0 Å². The molecule has 0 aliphatic carbocycles. The summed E-state index contributed by atoms with van der Waals surface area (Å²) in [5.74, 6) is 0. The molecule has 4 nitrogen and oxygen atoms in total. The second kappa shape index (κ2) is 7.07. The highest BCUT2D eigenvalue weighted by Gasteiger charge is 2.23. The van der Waals surface area contributed by atoms with Gasteiger partial charge < -0.3 is 14.0 Å². The van der Waals surface area contributed by atoms with Crippen LogP contribution in [0.2, 0.25) is 0 Å². The van der Waals surface area contributed by atoms with Crippen LogP contribution in [0.4, 0.5) is 0 Å². The molecule has 4 heteroatoms. The molecule has 2 unspecified atom stereocenters. The molecular formula is C18H24N2O2. The Morgan fingerprint density at radius 1 is 1.32 bits per heavy atom. The smallest absolute Gasteiger partial charge is 0.158 e. The number of imidazole rings is 1. The number of rotatable bonds is 5. The second-order valence-corrected chi connectivity index (χ2v) is 6.12. The van der Waals surface area contributed by atoms with Crippen LogP contribution in [0, 0.1) is 13.8 Å². The van der Waals surface area contributed by atoms with Crippen molar-refractivity contribution in [3.63, 3.8) is 0 Å². The zero-order chi connectivity index (χ0) is 15.4. The van der Waals surface area contributed by atoms with Gasteiger partial charge in [-0.3, -0.25) is 0 Å². The van der Waals surface area contributed by atoms with Crippen LogP contribution in [0.25, 0.3) is 0 Å². The van der Waals surface area contributed by atoms with E-state index >= 15 is 0 Å². The Morgan fingerprint density at radius 2 is 2.23 bits per heavy atom. The first-order valence-electron chi connectivity index (χ1n) is 7.99. The average Bonchev–Trinajstić information content (AvgIpc) is 3.00. The van der Waals surface area contributed by atoms with Gasteiger partial charge in [-0.15, -0.1) is 0 Å². The third-order valence-corrected chi connectivity index (χ3v) is 4.21. The topological polar surface area (TPSA) is 36.3 Å². The van der Waals surface area contributed by atoms with Gasteiger partial charge in [0.05, 0.1) is 19.0 Å². The highest BCUT2D eigenvalue weighted by molar-refractivity contribution is 5.29. The van der Waals surface area contributed by atoms with Gasteiger partial charge in [-0.25, -0.2) is 4.98 Å². The molecule has 1 aliphatic heterocycles. The summed E-state index contributed by atoms with van der Waals surface area (Å²) in [4.78, 5) is 4.08. The molecule has 2 atom stereocenters. The first kappa shape index (κ1) is 15.3. The van der Waals surface area contributed by atoms with Crippen LogP contribution >= 0.6 is 0 Å². The van der Waals surface area contributed by atoms with Crippen molar-refractivity contribution < 1.29 is 9.47 Å². The standard InChI is InChI=1S/C18H24N2O2/c1-14-6-7-16(15(2)10-14)12-21-18-5-3-4-17(22-18)11-20-9-8-19-13-20/h6-10,13,17-18H,3-5,11-12H2,1-2H3. The summed E-state index contributed by atoms with van der Waals surface area (Å²) >= 11 is 0. The number of aryl methyl sites for hydroxylation is 2. The molecule has 22 heavy (non-hydrogen) atoms. The molecule has 0 spiro atoms. The Labute approximate surface area is 132 Å². The maximum Gasteiger partial charge on any atom is 0.158 e. The van der Waals surface area contributed by atoms with Crippen LogP contribution in [0.3, 0.4) is 0 Å². The molecule has 1 saturated heterocycles. The molecule has 1 fully saturated rings. The lowest BCUT2D eigenvalue weighted by Crippen LogP contribution is -2.32. The number of nitrogens with zero attached hydrogens (tertiary/aromatic N) is 2. The van der Waals surface area contributed by atoms with Crippen molar-refractivity contribution in [1.82, 2.24) is 9.55 Å². The van der Waals surface area contributed by atoms with Gasteiger partial charge in [0.25, 0.3) is 0 Å². The SMILES string of the molecule is Cc1ccc(COC2CCCC(Cn3ccnc3)O2)c(C)c1. The molecule has 0 saturated carbocycles. The molecule has 0 bridgehead atoms. The Bertz CT molecular complexity index is 595. The molecule has 2 aromatic rings. The normalized spacial score (nSPS) is 21.9. The quantitative estimate of drug-likeness (QED) is 0.846. The van der Waals surface area contributed by atoms with Gasteiger partial charge in [-0.05, 0) is 44.2 Å². The number of hydrogen-bond donors (Lipinski definition) is 0. The average molecular weight is 300 g/mol. The molecular weight excluding hydrogens is 276 g/mol. The summed E-state index contributed by atoms with van der Waals surface area (Å²) in [7, 11) is 0. The van der Waals surface area contributed by atoms with Crippen molar-refractivity contribution in [2.75, 3.05) is 0 Å². The number of benzene rings is 1. The van der Waals surface area contributed by atoms with E-state index in [1.807, 2.05) is 12.5 Å². The molecule has 118 valence electrons. The minimum absolute atomic E-state index is 0.0945. The van der Waals surface area contributed by atoms with E-state index in [1.165, 1.54) is 16.7 Å². The largest absolute Gasteiger partial charge is 0.348 e. The summed E-state index contributed by atoms with van der Waals surface area (Å²) in [5.41, 5.74) is 3.81. The van der Waals surface area contributed by atoms with Crippen LogP contribution in [0.5, 0.6) is 0 Å². The number of hydrogen-bond acceptors (Lipinski definition) is 3. The number of aromatic nitrogens is 2. The van der Waals surface area contributed by atoms with Crippen molar-refractivity contribution in [2.45, 2.75) is 58.7 Å². The third kappa shape index (κ3) is 3.96. The monoisotopic (exact) mass is 300 g/mol. The van der Waals surface area contributed by atoms with E-state index < -0.39 is 0 Å². The molecule has 0 amide bonds. The van der Waals surface area contributed by atoms with Crippen LogP contribution in [0.1, 0.15) is 36.0 Å². The first-order chi connectivity index (χ1) is 10.7. The fourth-order valence-corrected chi connectivity index (χ4v) is 2.94. The van der Waals surface area contributed by atoms with Crippen molar-refractivity contribution in [1.29, 1.82) is 0 Å². The maximum absolute atomic E-state index is 6.07. The van der Waals surface area contributed by atoms with E-state index in [1.54, 1.807) is 6.20 Å². The fourth-order valence-electron chi connectivity index (χ4n) is 2.94. The fraction of sp³-hybridized carbons (Fsp3) is 0.500. The minimum atomic E-state index is -0.0945. The van der Waals surface area contributed by atoms with E-state index in [0.717, 1.165) is 25.8 Å². The zero-order valence-electron chi connectivity index (χ0n) is 13.4. The Hall–Kier alpha value is -1.65. The minimum Gasteiger partial charge on any atom is -0.348 e. The first-order valence-corrected chi connectivity index (χ1v) is 7.99. The van der Waals surface area contributed by atoms with Crippen LogP contribution in [0.15, 0.2) is 36.9 Å². The predicted octanol–water partition coefficient (Wildman–Crippen LogP) is 3.61. The van der Waals surface area contributed by atoms with Gasteiger partial charge >= 0.3 is 0 Å². The molecule has 3 rings (SSSR count). The third-order valence-electron chi connectivity index (χ3n) is 4.21. The summed E-state index contributed by atoms with van der Waals surface area (Å²) in [5, 5.41) is 0. The maximum atomic E-state index is 6.07. The van der Waals surface area contributed by atoms with E-state index in [-0.39, 0.29) is 12.4 Å². The van der Waals surface area contributed by atoms with E-state index in [2.05, 4.69) is 41.6 Å². The molecule has 1 aromatic carbocycles. The molecule has 1 aliphatic rings. The summed E-state index contributed by atoms with van der Waals surface area (Å²) in [6.45, 7) is 5.72. The number of ether oxygens (including phenoxy) is 2. The lowest BCUT2D eigenvalue weighted by Gasteiger charge is -2.30. The Morgan fingerprint density at radius 3 is 3.00 bits per heavy atom. The second-order valence-electron chi connectivity index (χ2n) is 6.12. The highest BCUT2D eigenvalue weighted by Crippen LogP contribution is 2.22. The van der Waals surface area contributed by atoms with E-state index in [4.69, 9.17) is 9.47 Å². The summed E-state index contributed by atoms with van der Waals surface area (Å²) < 4.78 is 14.1. The predicted molar refractivity (Wildman–Crippen MR) is 85.4 cm³/mol. The van der Waals surface area contributed by atoms with Crippen molar-refractivity contribution in [3.8, 4) is 0 Å². The zero-order valence-corrected chi connectivity index (χ0v) is 13.4. The summed E-state index contributed by atoms with van der Waals surface area (Å²) in [6.07, 6.45) is 8.95. The molecule has 2 heterocycles. The van der Waals surface area contributed by atoms with E-state index in [0.29, 0.717) is 6.61 Å². The van der Waals surface area contributed by atoms with Crippen molar-refractivity contribution in [3.05, 3.63) is 53.6 Å². The highest BCUT2D eigenvalue weighted by atomic mass is 16.7. The van der Waals surface area contributed by atoms with Gasteiger partial charge in [-0.2, -0.15) is 0 Å². The lowest BCUT2D eigenvalue weighted by atomic mass is 10.1. The van der Waals surface area contributed by atoms with Crippen molar-refractivity contribution >= 4 is 0 Å².